The van der Waals surface area contributed by atoms with Gasteiger partial charge in [-0.3, -0.25) is 4.57 Å². The fourth-order valence-corrected chi connectivity index (χ4v) is 2.09. The van der Waals surface area contributed by atoms with Crippen molar-refractivity contribution in [2.45, 2.75) is 0 Å². The van der Waals surface area contributed by atoms with E-state index in [4.69, 9.17) is 0 Å². The van der Waals surface area contributed by atoms with E-state index in [-0.39, 0.29) is 8.46 Å². The Bertz CT molecular complexity index is 50.2. The molecule has 0 unspecified atom stereocenters. The highest BCUT2D eigenvalue weighted by atomic mass is 33.1. The van der Waals surface area contributed by atoms with Gasteiger partial charge >= 0.3 is 0 Å². The molecule has 0 saturated heterocycles. The molecule has 7 heavy (non-hydrogen) atoms. The van der Waals surface area contributed by atoms with Crippen LogP contribution in [0.4, 0.5) is 0 Å². The average molecular weight is 154 g/mol. The maximum Gasteiger partial charge on any atom is 0.156 e. The second-order valence-corrected chi connectivity index (χ2v) is 4.23. The van der Waals surface area contributed by atoms with Crippen molar-refractivity contribution in [3.63, 3.8) is 0 Å². The SMILES string of the molecule is CSSCCP=O. The minimum absolute atomic E-state index is 0.270. The van der Waals surface area contributed by atoms with E-state index in [1.165, 1.54) is 0 Å². The average Bonchev–Trinajstić information content (AvgIpc) is 1.69. The van der Waals surface area contributed by atoms with Gasteiger partial charge < -0.3 is 0 Å². The third kappa shape index (κ3) is 6.80. The molecule has 0 atom stereocenters. The molecule has 0 radical (unpaired) electrons. The van der Waals surface area contributed by atoms with Crippen molar-refractivity contribution in [2.24, 2.45) is 0 Å². The normalized spacial score (nSPS) is 9.86. The topological polar surface area (TPSA) is 17.1 Å². The number of hydrogen-bond donors (Lipinski definition) is 0. The maximum absolute atomic E-state index is 9.75. The van der Waals surface area contributed by atoms with Crippen LogP contribution in [0.25, 0.3) is 0 Å². The molecule has 0 amide bonds. The smallest absolute Gasteiger partial charge is 0.156 e. The molecule has 0 aromatic carbocycles. The summed E-state index contributed by atoms with van der Waals surface area (Å²) in [5.41, 5.74) is 0. The molecule has 42 valence electrons. The van der Waals surface area contributed by atoms with E-state index in [1.54, 1.807) is 21.6 Å². The van der Waals surface area contributed by atoms with Crippen molar-refractivity contribution in [2.75, 3.05) is 18.2 Å². The molecule has 0 aromatic rings. The summed E-state index contributed by atoms with van der Waals surface area (Å²) < 4.78 is 9.75. The Morgan fingerprint density at radius 2 is 2.43 bits per heavy atom. The van der Waals surface area contributed by atoms with Crippen molar-refractivity contribution in [3.8, 4) is 0 Å². The van der Waals surface area contributed by atoms with Gasteiger partial charge in [0.15, 0.2) is 8.46 Å². The van der Waals surface area contributed by atoms with Crippen LogP contribution in [-0.4, -0.2) is 18.2 Å². The molecule has 0 bridgehead atoms. The van der Waals surface area contributed by atoms with E-state index in [9.17, 15) is 4.57 Å². The third-order valence-electron chi connectivity index (χ3n) is 0.384. The van der Waals surface area contributed by atoms with Gasteiger partial charge in [-0.2, -0.15) is 0 Å². The first-order valence-corrected chi connectivity index (χ1v) is 5.59. The molecule has 0 aliphatic heterocycles. The van der Waals surface area contributed by atoms with Gasteiger partial charge in [-0.05, 0) is 6.26 Å². The molecule has 0 rings (SSSR count). The Balaban J connectivity index is 2.56. The van der Waals surface area contributed by atoms with Crippen molar-refractivity contribution in [1.29, 1.82) is 0 Å². The molecule has 0 aromatic heterocycles. The molecule has 0 fully saturated rings. The molecule has 0 N–H and O–H groups in total. The quantitative estimate of drug-likeness (QED) is 0.351. The molecule has 0 aliphatic carbocycles. The summed E-state index contributed by atoms with van der Waals surface area (Å²) in [5, 5.41) is 0. The van der Waals surface area contributed by atoms with E-state index in [2.05, 4.69) is 0 Å². The van der Waals surface area contributed by atoms with E-state index in [1.807, 2.05) is 6.26 Å². The highest BCUT2D eigenvalue weighted by Crippen LogP contribution is 2.17. The summed E-state index contributed by atoms with van der Waals surface area (Å²) in [6.45, 7) is 0. The Labute approximate surface area is 53.2 Å². The van der Waals surface area contributed by atoms with Crippen LogP contribution < -0.4 is 0 Å². The van der Waals surface area contributed by atoms with Crippen LogP contribution in [0.2, 0.25) is 0 Å². The third-order valence-corrected chi connectivity index (χ3v) is 2.91. The fraction of sp³-hybridized carbons (Fsp3) is 1.00. The monoisotopic (exact) mass is 154 g/mol. The van der Waals surface area contributed by atoms with Crippen LogP contribution in [0.15, 0.2) is 0 Å². The van der Waals surface area contributed by atoms with Crippen LogP contribution in [-0.2, 0) is 4.57 Å². The first kappa shape index (κ1) is 7.80. The lowest BCUT2D eigenvalue weighted by molar-refractivity contribution is 0.599. The summed E-state index contributed by atoms with van der Waals surface area (Å²) in [4.78, 5) is 0. The van der Waals surface area contributed by atoms with Crippen LogP contribution in [0, 0.1) is 0 Å². The second kappa shape index (κ2) is 6.80. The van der Waals surface area contributed by atoms with Crippen molar-refractivity contribution >= 4 is 30.0 Å². The molecule has 4 heteroatoms. The van der Waals surface area contributed by atoms with Gasteiger partial charge in [-0.15, -0.1) is 0 Å². The first-order valence-electron chi connectivity index (χ1n) is 1.86. The standard InChI is InChI=1S/C3H7OPS2/c1-6-7-3-2-5-4/h2-3H2,1H3. The van der Waals surface area contributed by atoms with E-state index in [0.717, 1.165) is 11.9 Å². The summed E-state index contributed by atoms with van der Waals surface area (Å²) in [7, 11) is 3.73. The van der Waals surface area contributed by atoms with Crippen molar-refractivity contribution < 1.29 is 4.57 Å². The van der Waals surface area contributed by atoms with Crippen molar-refractivity contribution in [3.05, 3.63) is 0 Å². The summed E-state index contributed by atoms with van der Waals surface area (Å²) in [6, 6.07) is 0. The Hall–Kier alpha value is 0.800. The predicted octanol–water partition coefficient (Wildman–Crippen LogP) is 2.29. The van der Waals surface area contributed by atoms with Gasteiger partial charge in [-0.25, -0.2) is 0 Å². The Kier molecular flexibility index (Phi) is 7.58. The Morgan fingerprint density at radius 1 is 1.71 bits per heavy atom. The summed E-state index contributed by atoms with van der Waals surface area (Å²) in [5.74, 6) is 0.992. The fourth-order valence-electron chi connectivity index (χ4n) is 0.158. The lowest BCUT2D eigenvalue weighted by Gasteiger charge is -1.84. The van der Waals surface area contributed by atoms with Gasteiger partial charge in [0.25, 0.3) is 0 Å². The minimum Gasteiger partial charge on any atom is -0.275 e. The summed E-state index contributed by atoms with van der Waals surface area (Å²) >= 11 is 0. The molecule has 0 spiro atoms. The highest BCUT2D eigenvalue weighted by molar-refractivity contribution is 8.76. The minimum atomic E-state index is 0.270. The molecular weight excluding hydrogens is 147 g/mol. The maximum atomic E-state index is 9.75. The van der Waals surface area contributed by atoms with Crippen LogP contribution in [0.3, 0.4) is 0 Å². The van der Waals surface area contributed by atoms with Crippen molar-refractivity contribution in [1.82, 2.24) is 0 Å². The largest absolute Gasteiger partial charge is 0.275 e. The molecule has 0 heterocycles. The first-order chi connectivity index (χ1) is 3.41. The number of hydrogen-bond acceptors (Lipinski definition) is 3. The molecule has 0 saturated carbocycles. The molecular formula is C3H7OPS2. The van der Waals surface area contributed by atoms with Crippen LogP contribution >= 0.6 is 30.0 Å². The summed E-state index contributed by atoms with van der Waals surface area (Å²) in [6.07, 6.45) is 2.80. The van der Waals surface area contributed by atoms with Crippen LogP contribution in [0.5, 0.6) is 0 Å². The zero-order chi connectivity index (χ0) is 5.54. The molecule has 1 nitrogen and oxygen atoms in total. The zero-order valence-electron chi connectivity index (χ0n) is 4.09. The zero-order valence-corrected chi connectivity index (χ0v) is 6.61. The molecule has 0 aliphatic rings. The van der Waals surface area contributed by atoms with E-state index >= 15 is 0 Å². The van der Waals surface area contributed by atoms with E-state index in [0.29, 0.717) is 0 Å². The van der Waals surface area contributed by atoms with Gasteiger partial charge in [0.05, 0.1) is 0 Å². The predicted molar refractivity (Wildman–Crippen MR) is 38.4 cm³/mol. The van der Waals surface area contributed by atoms with Crippen LogP contribution in [0.1, 0.15) is 0 Å². The van der Waals surface area contributed by atoms with Gasteiger partial charge in [0, 0.05) is 11.9 Å². The second-order valence-electron chi connectivity index (χ2n) is 0.841. The van der Waals surface area contributed by atoms with Gasteiger partial charge in [0.2, 0.25) is 0 Å². The number of rotatable bonds is 4. The lowest BCUT2D eigenvalue weighted by atomic mass is 11.0. The lowest BCUT2D eigenvalue weighted by Crippen LogP contribution is -1.71. The van der Waals surface area contributed by atoms with E-state index < -0.39 is 0 Å². The van der Waals surface area contributed by atoms with Gasteiger partial charge in [-0.1, -0.05) is 21.6 Å². The van der Waals surface area contributed by atoms with Gasteiger partial charge in [0.1, 0.15) is 0 Å². The highest BCUT2D eigenvalue weighted by Gasteiger charge is 1.81. The Morgan fingerprint density at radius 3 is 2.86 bits per heavy atom.